The molecule has 0 spiro atoms. The summed E-state index contributed by atoms with van der Waals surface area (Å²) in [7, 11) is -0.872. The zero-order valence-corrected chi connectivity index (χ0v) is 17.2. The third-order valence-electron chi connectivity index (χ3n) is 4.51. The lowest BCUT2D eigenvalue weighted by molar-refractivity contribution is -0.385. The van der Waals surface area contributed by atoms with E-state index in [4.69, 9.17) is 9.47 Å². The Labute approximate surface area is 167 Å². The van der Waals surface area contributed by atoms with E-state index in [9.17, 15) is 18.5 Å². The molecule has 0 aliphatic carbocycles. The van der Waals surface area contributed by atoms with Crippen molar-refractivity contribution in [2.75, 3.05) is 26.5 Å². The Morgan fingerprint density at radius 3 is 2.50 bits per heavy atom. The molecule has 1 atom stereocenters. The van der Waals surface area contributed by atoms with E-state index in [0.717, 1.165) is 11.6 Å². The van der Waals surface area contributed by atoms with Crippen LogP contribution in [0.25, 0.3) is 0 Å². The minimum absolute atomic E-state index is 0.0466. The minimum Gasteiger partial charge on any atom is -0.493 e. The molecular weight excluding hydrogens is 404 g/mol. The smallest absolute Gasteiger partial charge is 0.270 e. The number of sulfonamides is 1. The number of hydrogen-bond donors (Lipinski definition) is 0. The van der Waals surface area contributed by atoms with E-state index in [1.165, 1.54) is 42.4 Å². The summed E-state index contributed by atoms with van der Waals surface area (Å²) in [4.78, 5) is 10.5. The van der Waals surface area contributed by atoms with E-state index in [1.807, 2.05) is 0 Å². The summed E-state index contributed by atoms with van der Waals surface area (Å²) >= 11 is 1.49. The van der Waals surface area contributed by atoms with E-state index < -0.39 is 20.3 Å². The molecule has 1 aliphatic rings. The van der Waals surface area contributed by atoms with Crippen LogP contribution in [0.4, 0.5) is 5.69 Å². The van der Waals surface area contributed by atoms with Gasteiger partial charge in [-0.05, 0) is 30.2 Å². The Kier molecular flexibility index (Phi) is 5.82. The Morgan fingerprint density at radius 2 is 1.86 bits per heavy atom. The molecule has 0 radical (unpaired) electrons. The molecule has 150 valence electrons. The fourth-order valence-corrected chi connectivity index (χ4v) is 6.55. The fraction of sp³-hybridized carbons (Fsp3) is 0.333. The van der Waals surface area contributed by atoms with Crippen molar-refractivity contribution in [2.24, 2.45) is 0 Å². The quantitative estimate of drug-likeness (QED) is 0.518. The van der Waals surface area contributed by atoms with Crippen LogP contribution in [0.3, 0.4) is 0 Å². The van der Waals surface area contributed by atoms with Crippen molar-refractivity contribution in [3.05, 3.63) is 57.6 Å². The SMILES string of the molecule is COc1ccc(C2SCCN2S(=O)(=O)c2cc([N+](=O)[O-])ccc2C)cc1OC. The number of benzene rings is 2. The molecule has 1 aliphatic heterocycles. The Balaban J connectivity index is 2.03. The van der Waals surface area contributed by atoms with Crippen molar-refractivity contribution in [2.45, 2.75) is 17.2 Å². The molecule has 3 rings (SSSR count). The average Bonchev–Trinajstić information content (AvgIpc) is 3.18. The van der Waals surface area contributed by atoms with Crippen LogP contribution in [0.1, 0.15) is 16.5 Å². The van der Waals surface area contributed by atoms with Crippen molar-refractivity contribution in [1.29, 1.82) is 0 Å². The summed E-state index contributed by atoms with van der Waals surface area (Å²) in [6.07, 6.45) is 0. The topological polar surface area (TPSA) is 99.0 Å². The molecular formula is C18H20N2O6S2. The Morgan fingerprint density at radius 1 is 1.14 bits per heavy atom. The van der Waals surface area contributed by atoms with Crippen LogP contribution >= 0.6 is 11.8 Å². The van der Waals surface area contributed by atoms with Crippen molar-refractivity contribution in [3.8, 4) is 11.5 Å². The zero-order chi connectivity index (χ0) is 20.5. The molecule has 0 N–H and O–H groups in total. The highest BCUT2D eigenvalue weighted by atomic mass is 32.2. The van der Waals surface area contributed by atoms with Gasteiger partial charge in [0.15, 0.2) is 11.5 Å². The first-order chi connectivity index (χ1) is 13.3. The van der Waals surface area contributed by atoms with E-state index in [2.05, 4.69) is 0 Å². The number of nitrogens with zero attached hydrogens (tertiary/aromatic N) is 2. The molecule has 1 fully saturated rings. The molecule has 0 amide bonds. The van der Waals surface area contributed by atoms with E-state index in [-0.39, 0.29) is 10.6 Å². The highest BCUT2D eigenvalue weighted by Gasteiger charge is 2.38. The van der Waals surface area contributed by atoms with Gasteiger partial charge in [-0.1, -0.05) is 12.1 Å². The van der Waals surface area contributed by atoms with Crippen LogP contribution in [0.15, 0.2) is 41.3 Å². The maximum Gasteiger partial charge on any atom is 0.270 e. The third-order valence-corrected chi connectivity index (χ3v) is 7.91. The molecule has 1 saturated heterocycles. The summed E-state index contributed by atoms with van der Waals surface area (Å²) in [6.45, 7) is 1.94. The first-order valence-electron chi connectivity index (χ1n) is 8.40. The first-order valence-corrected chi connectivity index (χ1v) is 10.9. The van der Waals surface area contributed by atoms with Crippen LogP contribution in [-0.2, 0) is 10.0 Å². The van der Waals surface area contributed by atoms with Crippen LogP contribution in [0, 0.1) is 17.0 Å². The van der Waals surface area contributed by atoms with E-state index >= 15 is 0 Å². The highest BCUT2D eigenvalue weighted by molar-refractivity contribution is 8.01. The standard InChI is InChI=1S/C18H20N2O6S2/c1-12-4-6-14(20(21)22)11-17(12)28(23,24)19-8-9-27-18(19)13-5-7-15(25-2)16(10-13)26-3/h4-7,10-11,18H,8-9H2,1-3H3. The van der Waals surface area contributed by atoms with E-state index in [0.29, 0.717) is 29.4 Å². The lowest BCUT2D eigenvalue weighted by atomic mass is 10.2. The Bertz CT molecular complexity index is 1010. The van der Waals surface area contributed by atoms with Crippen molar-refractivity contribution in [3.63, 3.8) is 0 Å². The number of non-ortho nitro benzene ring substituents is 1. The lowest BCUT2D eigenvalue weighted by Crippen LogP contribution is -2.31. The summed E-state index contributed by atoms with van der Waals surface area (Å²) in [5, 5.41) is 10.6. The van der Waals surface area contributed by atoms with Gasteiger partial charge >= 0.3 is 0 Å². The van der Waals surface area contributed by atoms with Gasteiger partial charge in [-0.2, -0.15) is 4.31 Å². The van der Waals surface area contributed by atoms with Crippen molar-refractivity contribution < 1.29 is 22.8 Å². The largest absolute Gasteiger partial charge is 0.493 e. The van der Waals surface area contributed by atoms with Gasteiger partial charge in [-0.25, -0.2) is 8.42 Å². The highest BCUT2D eigenvalue weighted by Crippen LogP contribution is 2.44. The minimum atomic E-state index is -3.92. The molecule has 10 heteroatoms. The molecule has 0 bridgehead atoms. The molecule has 2 aromatic carbocycles. The molecule has 8 nitrogen and oxygen atoms in total. The monoisotopic (exact) mass is 424 g/mol. The molecule has 28 heavy (non-hydrogen) atoms. The van der Waals surface area contributed by atoms with Crippen LogP contribution < -0.4 is 9.47 Å². The molecule has 0 aromatic heterocycles. The van der Waals surface area contributed by atoms with E-state index in [1.54, 1.807) is 25.1 Å². The van der Waals surface area contributed by atoms with Gasteiger partial charge in [0.1, 0.15) is 0 Å². The average molecular weight is 425 g/mol. The zero-order valence-electron chi connectivity index (χ0n) is 15.6. The maximum absolute atomic E-state index is 13.3. The molecule has 2 aromatic rings. The molecule has 1 heterocycles. The summed E-state index contributed by atoms with van der Waals surface area (Å²) in [6, 6.07) is 9.17. The van der Waals surface area contributed by atoms with Gasteiger partial charge in [-0.15, -0.1) is 11.8 Å². The number of methoxy groups -OCH3 is 2. The van der Waals surface area contributed by atoms with Gasteiger partial charge in [0.25, 0.3) is 5.69 Å². The first kappa shape index (κ1) is 20.4. The van der Waals surface area contributed by atoms with Crippen LogP contribution in [-0.4, -0.2) is 44.2 Å². The summed E-state index contributed by atoms with van der Waals surface area (Å²) < 4.78 is 38.6. The second-order valence-corrected chi connectivity index (χ2v) is 9.21. The number of rotatable bonds is 6. The van der Waals surface area contributed by atoms with Gasteiger partial charge in [-0.3, -0.25) is 10.1 Å². The number of hydrogen-bond acceptors (Lipinski definition) is 7. The number of nitro benzene ring substituents is 1. The second-order valence-electron chi connectivity index (χ2n) is 6.16. The second kappa shape index (κ2) is 7.98. The number of nitro groups is 1. The van der Waals surface area contributed by atoms with Gasteiger partial charge in [0.2, 0.25) is 10.0 Å². The van der Waals surface area contributed by atoms with Crippen molar-refractivity contribution in [1.82, 2.24) is 4.31 Å². The van der Waals surface area contributed by atoms with Crippen molar-refractivity contribution >= 4 is 27.5 Å². The van der Waals surface area contributed by atoms with Gasteiger partial charge in [0.05, 0.1) is 29.4 Å². The fourth-order valence-electron chi connectivity index (χ4n) is 3.08. The molecule has 1 unspecified atom stereocenters. The van der Waals surface area contributed by atoms with Gasteiger partial charge in [0, 0.05) is 24.4 Å². The van der Waals surface area contributed by atoms with Crippen LogP contribution in [0.5, 0.6) is 11.5 Å². The maximum atomic E-state index is 13.3. The predicted molar refractivity (Wildman–Crippen MR) is 106 cm³/mol. The summed E-state index contributed by atoms with van der Waals surface area (Å²) in [5.74, 6) is 1.68. The number of thioether (sulfide) groups is 1. The number of aryl methyl sites for hydroxylation is 1. The molecule has 0 saturated carbocycles. The summed E-state index contributed by atoms with van der Waals surface area (Å²) in [5.41, 5.74) is 0.971. The number of ether oxygens (including phenoxy) is 2. The lowest BCUT2D eigenvalue weighted by Gasteiger charge is -2.25. The van der Waals surface area contributed by atoms with Crippen LogP contribution in [0.2, 0.25) is 0 Å². The Hall–Kier alpha value is -2.30. The third kappa shape index (κ3) is 3.67. The normalized spacial score (nSPS) is 17.5. The van der Waals surface area contributed by atoms with Gasteiger partial charge < -0.3 is 9.47 Å². The predicted octanol–water partition coefficient (Wildman–Crippen LogP) is 3.36.